The number of aryl methyl sites for hydroxylation is 1. The second-order valence-corrected chi connectivity index (χ2v) is 10.5. The summed E-state index contributed by atoms with van der Waals surface area (Å²) in [6.07, 6.45) is 3.84. The van der Waals surface area contributed by atoms with Crippen LogP contribution in [-0.4, -0.2) is 39.7 Å². The number of aliphatic hydroxyl groups excluding tert-OH is 1. The lowest BCUT2D eigenvalue weighted by molar-refractivity contribution is -0.132. The Labute approximate surface area is 219 Å². The van der Waals surface area contributed by atoms with E-state index in [1.54, 1.807) is 19.1 Å². The fourth-order valence-electron chi connectivity index (χ4n) is 4.77. The summed E-state index contributed by atoms with van der Waals surface area (Å²) in [6.45, 7) is 6.47. The van der Waals surface area contributed by atoms with Gasteiger partial charge in [-0.2, -0.15) is 0 Å². The molecule has 2 aliphatic rings. The Morgan fingerprint density at radius 3 is 2.78 bits per heavy atom. The van der Waals surface area contributed by atoms with E-state index < -0.39 is 17.7 Å². The van der Waals surface area contributed by atoms with Crippen molar-refractivity contribution < 1.29 is 24.2 Å². The second kappa shape index (κ2) is 10.3. The molecule has 1 amide bonds. The number of ketones is 1. The van der Waals surface area contributed by atoms with Crippen molar-refractivity contribution in [1.82, 2.24) is 10.2 Å². The molecule has 0 aliphatic carbocycles. The van der Waals surface area contributed by atoms with Crippen LogP contribution in [0.4, 0.5) is 5.13 Å². The summed E-state index contributed by atoms with van der Waals surface area (Å²) >= 11 is 1.22. The number of unbranched alkanes of at least 4 members (excludes halogenated alkanes) is 2. The lowest BCUT2D eigenvalue weighted by Gasteiger charge is -2.23. The van der Waals surface area contributed by atoms with Crippen molar-refractivity contribution in [3.05, 3.63) is 69.7 Å². The Bertz CT molecular complexity index is 1380. The lowest BCUT2D eigenvalue weighted by atomic mass is 9.94. The molecule has 192 valence electrons. The zero-order chi connectivity index (χ0) is 26.1. The van der Waals surface area contributed by atoms with Crippen molar-refractivity contribution in [2.75, 3.05) is 11.5 Å². The summed E-state index contributed by atoms with van der Waals surface area (Å²) in [6, 6.07) is 11.7. The van der Waals surface area contributed by atoms with Gasteiger partial charge >= 0.3 is 5.91 Å². The van der Waals surface area contributed by atoms with Crippen molar-refractivity contribution in [3.8, 4) is 11.5 Å². The monoisotopic (exact) mass is 519 g/mol. The maximum atomic E-state index is 13.4. The number of fused-ring (bicyclic) bond motifs is 1. The van der Waals surface area contributed by atoms with E-state index in [9.17, 15) is 14.7 Å². The van der Waals surface area contributed by atoms with E-state index in [1.165, 1.54) is 16.2 Å². The van der Waals surface area contributed by atoms with Crippen LogP contribution >= 0.6 is 11.3 Å². The molecule has 2 aliphatic heterocycles. The summed E-state index contributed by atoms with van der Waals surface area (Å²) < 4.78 is 11.7. The molecule has 8 nitrogen and oxygen atoms in total. The summed E-state index contributed by atoms with van der Waals surface area (Å²) in [7, 11) is 0. The summed E-state index contributed by atoms with van der Waals surface area (Å²) in [4.78, 5) is 28.0. The number of aromatic nitrogens is 2. The molecule has 5 rings (SSSR count). The molecule has 2 aromatic carbocycles. The van der Waals surface area contributed by atoms with Crippen molar-refractivity contribution in [3.63, 3.8) is 0 Å². The normalized spacial score (nSPS) is 20.2. The molecule has 0 radical (unpaired) electrons. The van der Waals surface area contributed by atoms with E-state index in [2.05, 4.69) is 17.1 Å². The van der Waals surface area contributed by atoms with Crippen molar-refractivity contribution in [1.29, 1.82) is 0 Å². The number of hydrogen-bond acceptors (Lipinski definition) is 8. The topological polar surface area (TPSA) is 102 Å². The van der Waals surface area contributed by atoms with E-state index in [-0.39, 0.29) is 17.4 Å². The van der Waals surface area contributed by atoms with Crippen LogP contribution in [0.5, 0.6) is 11.5 Å². The molecular weight excluding hydrogens is 490 g/mol. The summed E-state index contributed by atoms with van der Waals surface area (Å²) in [5.41, 5.74) is 2.05. The molecule has 2 unspecified atom stereocenters. The minimum atomic E-state index is -0.880. The van der Waals surface area contributed by atoms with E-state index in [0.29, 0.717) is 40.0 Å². The molecule has 0 spiro atoms. The first-order chi connectivity index (χ1) is 17.9. The summed E-state index contributed by atoms with van der Waals surface area (Å²) in [5, 5.41) is 20.6. The summed E-state index contributed by atoms with van der Waals surface area (Å²) in [5.74, 6) is -0.358. The van der Waals surface area contributed by atoms with Crippen LogP contribution in [0.15, 0.2) is 48.0 Å². The fourth-order valence-corrected chi connectivity index (χ4v) is 5.48. The lowest BCUT2D eigenvalue weighted by Crippen LogP contribution is -2.29. The van der Waals surface area contributed by atoms with Crippen LogP contribution < -0.4 is 14.4 Å². The minimum absolute atomic E-state index is 0.00731. The molecule has 37 heavy (non-hydrogen) atoms. The Morgan fingerprint density at radius 2 is 2.03 bits per heavy atom. The third kappa shape index (κ3) is 4.83. The molecule has 1 saturated heterocycles. The number of hydrogen-bond donors (Lipinski definition) is 1. The number of anilines is 1. The van der Waals surface area contributed by atoms with Crippen molar-refractivity contribution >= 4 is 33.9 Å². The predicted octanol–water partition coefficient (Wildman–Crippen LogP) is 5.37. The highest BCUT2D eigenvalue weighted by Crippen LogP contribution is 2.44. The Kier molecular flexibility index (Phi) is 6.97. The van der Waals surface area contributed by atoms with Crippen LogP contribution in [0.25, 0.3) is 5.76 Å². The highest BCUT2D eigenvalue weighted by molar-refractivity contribution is 7.15. The van der Waals surface area contributed by atoms with Gasteiger partial charge in [-0.25, -0.2) is 0 Å². The molecule has 0 saturated carbocycles. The van der Waals surface area contributed by atoms with Crippen LogP contribution in [0, 0.1) is 6.92 Å². The third-order valence-electron chi connectivity index (χ3n) is 6.53. The number of aliphatic hydroxyl groups is 1. The number of carbonyl (C=O) groups is 2. The van der Waals surface area contributed by atoms with E-state index in [4.69, 9.17) is 9.47 Å². The zero-order valence-electron chi connectivity index (χ0n) is 21.1. The highest BCUT2D eigenvalue weighted by Gasteiger charge is 2.48. The average Bonchev–Trinajstić information content (AvgIpc) is 3.56. The van der Waals surface area contributed by atoms with Gasteiger partial charge in [0.15, 0.2) is 0 Å². The Hall–Kier alpha value is -3.72. The van der Waals surface area contributed by atoms with Gasteiger partial charge in [-0.05, 0) is 61.7 Å². The molecule has 3 heterocycles. The SMILES string of the molecule is CCCCCOc1cccc(C2/C(=C(\O)c3ccc4c(c3)CC(C)O4)C(=O)C(=O)N2c2nnc(C)s2)c1. The number of nitrogens with zero attached hydrogens (tertiary/aromatic N) is 3. The van der Waals surface area contributed by atoms with Gasteiger partial charge in [-0.15, -0.1) is 10.2 Å². The van der Waals surface area contributed by atoms with Gasteiger partial charge in [-0.1, -0.05) is 43.2 Å². The maximum Gasteiger partial charge on any atom is 0.301 e. The zero-order valence-corrected chi connectivity index (χ0v) is 21.9. The molecular formula is C28H29N3O5S. The van der Waals surface area contributed by atoms with Gasteiger partial charge in [0.1, 0.15) is 28.4 Å². The third-order valence-corrected chi connectivity index (χ3v) is 7.36. The first-order valence-corrected chi connectivity index (χ1v) is 13.3. The van der Waals surface area contributed by atoms with Gasteiger partial charge in [0.05, 0.1) is 18.2 Å². The number of amides is 1. The van der Waals surface area contributed by atoms with Gasteiger partial charge in [0, 0.05) is 12.0 Å². The molecule has 0 bridgehead atoms. The number of rotatable bonds is 8. The first-order valence-electron chi connectivity index (χ1n) is 12.5. The standard InChI is InChI=1S/C28H29N3O5S/c1-4-5-6-12-35-21-9-7-8-18(15-21)24-23(26(33)27(34)31(24)28-30-29-17(3)37-28)25(32)19-10-11-22-20(14-19)13-16(2)36-22/h7-11,14-16,24,32H,4-6,12-13H2,1-3H3/b25-23+. The highest BCUT2D eigenvalue weighted by atomic mass is 32.1. The first kappa shape index (κ1) is 25.0. The number of carbonyl (C=O) groups excluding carboxylic acids is 2. The maximum absolute atomic E-state index is 13.4. The molecule has 3 aromatic rings. The largest absolute Gasteiger partial charge is 0.507 e. The molecule has 2 atom stereocenters. The van der Waals surface area contributed by atoms with Crippen LogP contribution in [-0.2, 0) is 16.0 Å². The van der Waals surface area contributed by atoms with Gasteiger partial charge in [0.25, 0.3) is 5.78 Å². The fraction of sp³-hybridized carbons (Fsp3) is 0.357. The minimum Gasteiger partial charge on any atom is -0.507 e. The number of ether oxygens (including phenoxy) is 2. The van der Waals surface area contributed by atoms with Crippen molar-refractivity contribution in [2.45, 2.75) is 58.6 Å². The van der Waals surface area contributed by atoms with Gasteiger partial charge in [0.2, 0.25) is 5.13 Å². The van der Waals surface area contributed by atoms with Crippen LogP contribution in [0.1, 0.15) is 60.8 Å². The number of benzene rings is 2. The van der Waals surface area contributed by atoms with Crippen molar-refractivity contribution in [2.24, 2.45) is 0 Å². The molecule has 9 heteroatoms. The van der Waals surface area contributed by atoms with E-state index >= 15 is 0 Å². The Balaban J connectivity index is 1.60. The van der Waals surface area contributed by atoms with Gasteiger partial charge in [-0.3, -0.25) is 14.5 Å². The Morgan fingerprint density at radius 1 is 1.19 bits per heavy atom. The molecule has 1 aromatic heterocycles. The smallest absolute Gasteiger partial charge is 0.301 e. The van der Waals surface area contributed by atoms with Crippen LogP contribution in [0.3, 0.4) is 0 Å². The molecule has 1 fully saturated rings. The van der Waals surface area contributed by atoms with Crippen LogP contribution in [0.2, 0.25) is 0 Å². The predicted molar refractivity (Wildman–Crippen MR) is 141 cm³/mol. The second-order valence-electron chi connectivity index (χ2n) is 9.36. The molecule has 1 N–H and O–H groups in total. The van der Waals surface area contributed by atoms with E-state index in [0.717, 1.165) is 30.6 Å². The quantitative estimate of drug-likeness (QED) is 0.185. The van der Waals surface area contributed by atoms with Gasteiger partial charge < -0.3 is 14.6 Å². The average molecular weight is 520 g/mol. The van der Waals surface area contributed by atoms with E-state index in [1.807, 2.05) is 37.3 Å². The number of Topliss-reactive ketones (excluding diaryl/α,β-unsaturated/α-hetero) is 1.